The quantitative estimate of drug-likeness (QED) is 0.515. The van der Waals surface area contributed by atoms with E-state index in [0.29, 0.717) is 12.1 Å². The van der Waals surface area contributed by atoms with Crippen LogP contribution in [0.5, 0.6) is 0 Å². The smallest absolute Gasteiger partial charge is 0.150 e. The maximum Gasteiger partial charge on any atom is 0.150 e. The highest BCUT2D eigenvalue weighted by molar-refractivity contribution is 5.85. The first-order valence-corrected chi connectivity index (χ1v) is 12.9. The van der Waals surface area contributed by atoms with Crippen molar-refractivity contribution in [2.24, 2.45) is 0 Å². The second-order valence-electron chi connectivity index (χ2n) is 10.1. The minimum Gasteiger partial charge on any atom is -0.379 e. The average Bonchev–Trinajstić information content (AvgIpc) is 2.87. The number of benzene rings is 2. The van der Waals surface area contributed by atoms with Gasteiger partial charge < -0.3 is 14.5 Å². The van der Waals surface area contributed by atoms with Crippen molar-refractivity contribution in [3.05, 3.63) is 53.1 Å². The number of aldehydes is 1. The van der Waals surface area contributed by atoms with Gasteiger partial charge in [0.05, 0.1) is 13.2 Å². The molecule has 34 heavy (non-hydrogen) atoms. The van der Waals surface area contributed by atoms with Crippen LogP contribution in [0, 0.1) is 6.92 Å². The van der Waals surface area contributed by atoms with Gasteiger partial charge in [0.2, 0.25) is 0 Å². The van der Waals surface area contributed by atoms with E-state index in [0.717, 1.165) is 62.4 Å². The number of hydrogen-bond donors (Lipinski definition) is 0. The molecule has 1 aliphatic carbocycles. The predicted octanol–water partition coefficient (Wildman–Crippen LogP) is 5.01. The summed E-state index contributed by atoms with van der Waals surface area (Å²) in [6.45, 7) is 9.89. The van der Waals surface area contributed by atoms with Gasteiger partial charge in [-0.2, -0.15) is 0 Å². The maximum absolute atomic E-state index is 12.0. The monoisotopic (exact) mass is 463 g/mol. The highest BCUT2D eigenvalue weighted by Gasteiger charge is 2.27. The van der Waals surface area contributed by atoms with Crippen molar-refractivity contribution in [3.8, 4) is 11.1 Å². The van der Waals surface area contributed by atoms with Gasteiger partial charge in [-0.1, -0.05) is 24.3 Å². The van der Waals surface area contributed by atoms with Crippen molar-refractivity contribution in [3.63, 3.8) is 0 Å². The van der Waals surface area contributed by atoms with Crippen LogP contribution in [0.2, 0.25) is 0 Å². The molecule has 1 saturated heterocycles. The zero-order chi connectivity index (χ0) is 24.1. The minimum atomic E-state index is 0.533. The minimum absolute atomic E-state index is 0.533. The van der Waals surface area contributed by atoms with E-state index in [1.165, 1.54) is 42.5 Å². The van der Waals surface area contributed by atoms with Crippen molar-refractivity contribution in [1.82, 2.24) is 9.80 Å². The predicted molar refractivity (Wildman–Crippen MR) is 141 cm³/mol. The molecule has 2 aromatic rings. The van der Waals surface area contributed by atoms with Gasteiger partial charge in [0.25, 0.3) is 0 Å². The van der Waals surface area contributed by atoms with E-state index in [-0.39, 0.29) is 0 Å². The van der Waals surface area contributed by atoms with Gasteiger partial charge in [0, 0.05) is 49.5 Å². The van der Waals surface area contributed by atoms with Crippen molar-refractivity contribution in [1.29, 1.82) is 0 Å². The van der Waals surface area contributed by atoms with Crippen LogP contribution in [-0.2, 0) is 11.3 Å². The lowest BCUT2D eigenvalue weighted by atomic mass is 9.88. The van der Waals surface area contributed by atoms with Gasteiger partial charge in [-0.15, -0.1) is 0 Å². The fourth-order valence-electron chi connectivity index (χ4n) is 5.64. The Labute approximate surface area is 205 Å². The average molecular weight is 464 g/mol. The molecule has 5 nitrogen and oxygen atoms in total. The first-order chi connectivity index (χ1) is 16.5. The molecule has 2 aromatic carbocycles. The molecule has 0 bridgehead atoms. The second-order valence-corrected chi connectivity index (χ2v) is 10.1. The molecule has 0 spiro atoms. The van der Waals surface area contributed by atoms with Gasteiger partial charge in [-0.05, 0) is 88.0 Å². The molecule has 1 saturated carbocycles. The Kier molecular flexibility index (Phi) is 8.41. The number of anilines is 1. The van der Waals surface area contributed by atoms with E-state index in [1.54, 1.807) is 0 Å². The number of rotatable bonds is 8. The molecule has 2 aliphatic rings. The lowest BCUT2D eigenvalue weighted by molar-refractivity contribution is 0.0342. The zero-order valence-electron chi connectivity index (χ0n) is 21.4. The largest absolute Gasteiger partial charge is 0.379 e. The van der Waals surface area contributed by atoms with Gasteiger partial charge in [0.15, 0.2) is 0 Å². The third-order valence-electron chi connectivity index (χ3n) is 7.83. The van der Waals surface area contributed by atoms with Gasteiger partial charge in [-0.25, -0.2) is 0 Å². The van der Waals surface area contributed by atoms with E-state index in [9.17, 15) is 4.79 Å². The Morgan fingerprint density at radius 2 is 1.62 bits per heavy atom. The highest BCUT2D eigenvalue weighted by Crippen LogP contribution is 2.35. The highest BCUT2D eigenvalue weighted by atomic mass is 16.5. The topological polar surface area (TPSA) is 36.0 Å². The molecule has 184 valence electrons. The summed E-state index contributed by atoms with van der Waals surface area (Å²) in [6.07, 6.45) is 5.89. The Bertz CT molecular complexity index is 943. The SMILES string of the molecule is CCN(c1cc(-c2ccc(CN3CCOCC3)cc2)cc(C=O)c1C)C1CCC(N(C)C)CC1. The standard InChI is InChI=1S/C29H41N3O2/c1-5-32(28-12-10-27(11-13-28)30(3)4)29-19-25(18-26(21-33)22(29)2)24-8-6-23(7-9-24)20-31-14-16-34-17-15-31/h6-9,18-19,21,27-28H,5,10-17,20H2,1-4H3. The second kappa shape index (κ2) is 11.5. The number of carbonyl (C=O) groups is 1. The van der Waals surface area contributed by atoms with Crippen LogP contribution in [0.15, 0.2) is 36.4 Å². The number of hydrogen-bond acceptors (Lipinski definition) is 5. The third kappa shape index (κ3) is 5.70. The van der Waals surface area contributed by atoms with Crippen LogP contribution in [-0.4, -0.2) is 75.1 Å². The molecular formula is C29H41N3O2. The Balaban J connectivity index is 1.56. The maximum atomic E-state index is 12.0. The number of ether oxygens (including phenoxy) is 1. The van der Waals surface area contributed by atoms with E-state index >= 15 is 0 Å². The Morgan fingerprint density at radius 3 is 2.21 bits per heavy atom. The summed E-state index contributed by atoms with van der Waals surface area (Å²) in [4.78, 5) is 19.4. The lowest BCUT2D eigenvalue weighted by Gasteiger charge is -2.40. The van der Waals surface area contributed by atoms with Crippen LogP contribution in [0.3, 0.4) is 0 Å². The van der Waals surface area contributed by atoms with Crippen LogP contribution in [0.1, 0.15) is 54.1 Å². The van der Waals surface area contributed by atoms with E-state index in [2.05, 4.69) is 79.0 Å². The van der Waals surface area contributed by atoms with Crippen molar-refractivity contribution < 1.29 is 9.53 Å². The van der Waals surface area contributed by atoms with Crippen molar-refractivity contribution >= 4 is 12.0 Å². The van der Waals surface area contributed by atoms with Crippen molar-refractivity contribution in [2.45, 2.75) is 58.2 Å². The van der Waals surface area contributed by atoms with Crippen LogP contribution in [0.25, 0.3) is 11.1 Å². The Hall–Kier alpha value is -2.21. The van der Waals surface area contributed by atoms with Gasteiger partial charge in [-0.3, -0.25) is 9.69 Å². The molecule has 5 heteroatoms. The molecule has 0 aromatic heterocycles. The molecule has 1 heterocycles. The molecule has 0 N–H and O–H groups in total. The lowest BCUT2D eigenvalue weighted by Crippen LogP contribution is -2.42. The molecule has 4 rings (SSSR count). The summed E-state index contributed by atoms with van der Waals surface area (Å²) in [5.74, 6) is 0. The number of nitrogens with zero attached hydrogens (tertiary/aromatic N) is 3. The molecule has 2 fully saturated rings. The first kappa shape index (κ1) is 24.9. The van der Waals surface area contributed by atoms with Gasteiger partial charge >= 0.3 is 0 Å². The molecule has 0 radical (unpaired) electrons. The Morgan fingerprint density at radius 1 is 0.971 bits per heavy atom. The summed E-state index contributed by atoms with van der Waals surface area (Å²) in [6, 6.07) is 14.4. The zero-order valence-corrected chi connectivity index (χ0v) is 21.4. The third-order valence-corrected chi connectivity index (χ3v) is 7.83. The van der Waals surface area contributed by atoms with Gasteiger partial charge in [0.1, 0.15) is 6.29 Å². The molecule has 0 unspecified atom stereocenters. The van der Waals surface area contributed by atoms with Crippen LogP contribution in [0.4, 0.5) is 5.69 Å². The van der Waals surface area contributed by atoms with E-state index in [4.69, 9.17) is 4.74 Å². The summed E-state index contributed by atoms with van der Waals surface area (Å²) < 4.78 is 5.47. The van der Waals surface area contributed by atoms with Crippen LogP contribution >= 0.6 is 0 Å². The molecule has 0 amide bonds. The van der Waals surface area contributed by atoms with E-state index in [1.807, 2.05) is 0 Å². The number of carbonyl (C=O) groups excluding carboxylic acids is 1. The summed E-state index contributed by atoms with van der Waals surface area (Å²) in [7, 11) is 4.39. The fraction of sp³-hybridized carbons (Fsp3) is 0.552. The molecule has 0 atom stereocenters. The van der Waals surface area contributed by atoms with Crippen LogP contribution < -0.4 is 4.90 Å². The summed E-state index contributed by atoms with van der Waals surface area (Å²) >= 11 is 0. The number of morpholine rings is 1. The normalized spacial score (nSPS) is 21.6. The van der Waals surface area contributed by atoms with Crippen molar-refractivity contribution in [2.75, 3.05) is 51.8 Å². The molecular weight excluding hydrogens is 422 g/mol. The molecule has 1 aliphatic heterocycles. The van der Waals surface area contributed by atoms with E-state index < -0.39 is 0 Å². The summed E-state index contributed by atoms with van der Waals surface area (Å²) in [5, 5.41) is 0. The first-order valence-electron chi connectivity index (χ1n) is 12.9. The fourth-order valence-corrected chi connectivity index (χ4v) is 5.64. The summed E-state index contributed by atoms with van der Waals surface area (Å²) in [5.41, 5.74) is 6.72.